The van der Waals surface area contributed by atoms with Crippen molar-refractivity contribution in [1.82, 2.24) is 15.3 Å². The quantitative estimate of drug-likeness (QED) is 0.895. The lowest BCUT2D eigenvalue weighted by Gasteiger charge is -2.17. The van der Waals surface area contributed by atoms with Crippen LogP contribution in [0.4, 0.5) is 0 Å². The molecule has 0 saturated carbocycles. The zero-order valence-electron chi connectivity index (χ0n) is 13.4. The molecular formula is C16H22N4O2S. The van der Waals surface area contributed by atoms with Gasteiger partial charge in [-0.3, -0.25) is 9.59 Å². The minimum atomic E-state index is -0.0510. The van der Waals surface area contributed by atoms with E-state index in [0.717, 1.165) is 23.6 Å². The topological polar surface area (TPSA) is 74.7 Å². The molecule has 2 heterocycles. The van der Waals surface area contributed by atoms with Crippen molar-refractivity contribution in [3.05, 3.63) is 15.6 Å². The van der Waals surface area contributed by atoms with E-state index in [-0.39, 0.29) is 11.8 Å². The fourth-order valence-electron chi connectivity index (χ4n) is 2.90. The highest BCUT2D eigenvalue weighted by atomic mass is 32.1. The third-order valence-electron chi connectivity index (χ3n) is 4.29. The van der Waals surface area contributed by atoms with Gasteiger partial charge in [-0.25, -0.2) is 10.4 Å². The van der Waals surface area contributed by atoms with Gasteiger partial charge in [0.15, 0.2) is 0 Å². The molecule has 1 aliphatic carbocycles. The Bertz CT molecular complexity index is 615. The highest BCUT2D eigenvalue weighted by Crippen LogP contribution is 2.27. The molecule has 2 amide bonds. The van der Waals surface area contributed by atoms with Gasteiger partial charge in [-0.2, -0.15) is 5.10 Å². The molecule has 7 heteroatoms. The lowest BCUT2D eigenvalue weighted by atomic mass is 10.0. The Labute approximate surface area is 140 Å². The van der Waals surface area contributed by atoms with Crippen molar-refractivity contribution in [2.24, 2.45) is 5.10 Å². The van der Waals surface area contributed by atoms with Gasteiger partial charge in [0.1, 0.15) is 5.01 Å². The first-order valence-corrected chi connectivity index (χ1v) is 8.99. The van der Waals surface area contributed by atoms with Crippen molar-refractivity contribution in [3.8, 4) is 0 Å². The van der Waals surface area contributed by atoms with Crippen molar-refractivity contribution in [3.63, 3.8) is 0 Å². The average Bonchev–Trinajstić information content (AvgIpc) is 2.96. The van der Waals surface area contributed by atoms with Crippen LogP contribution in [-0.2, 0) is 29.0 Å². The Morgan fingerprint density at radius 3 is 2.83 bits per heavy atom. The van der Waals surface area contributed by atoms with Crippen LogP contribution in [0, 0.1) is 0 Å². The molecule has 124 valence electrons. The van der Waals surface area contributed by atoms with Crippen LogP contribution in [0.3, 0.4) is 0 Å². The Morgan fingerprint density at radius 2 is 2.09 bits per heavy atom. The number of aromatic nitrogens is 1. The number of rotatable bonds is 5. The normalized spacial score (nSPS) is 17.3. The molecule has 0 bridgehead atoms. The van der Waals surface area contributed by atoms with E-state index in [1.54, 1.807) is 16.2 Å². The average molecular weight is 334 g/mol. The van der Waals surface area contributed by atoms with Gasteiger partial charge in [-0.15, -0.1) is 11.3 Å². The van der Waals surface area contributed by atoms with Gasteiger partial charge in [0.25, 0.3) is 0 Å². The summed E-state index contributed by atoms with van der Waals surface area (Å²) in [5.74, 6) is 0.0442. The lowest BCUT2D eigenvalue weighted by Crippen LogP contribution is -2.28. The SMILES string of the molecule is CN(Cc1nc2c(s1)CCCC2)C(=O)CCC1=NNC(=O)CC1. The van der Waals surface area contributed by atoms with Crippen molar-refractivity contribution in [2.75, 3.05) is 7.05 Å². The maximum Gasteiger partial charge on any atom is 0.240 e. The van der Waals surface area contributed by atoms with E-state index in [0.29, 0.717) is 32.2 Å². The number of fused-ring (bicyclic) bond motifs is 1. The third kappa shape index (κ3) is 4.16. The zero-order chi connectivity index (χ0) is 16.2. The Morgan fingerprint density at radius 1 is 1.26 bits per heavy atom. The molecule has 3 rings (SSSR count). The summed E-state index contributed by atoms with van der Waals surface area (Å²) in [4.78, 5) is 31.1. The Balaban J connectivity index is 1.49. The lowest BCUT2D eigenvalue weighted by molar-refractivity contribution is -0.130. The molecule has 1 aliphatic heterocycles. The van der Waals surface area contributed by atoms with Gasteiger partial charge >= 0.3 is 0 Å². The molecule has 0 saturated heterocycles. The Hall–Kier alpha value is -1.76. The summed E-state index contributed by atoms with van der Waals surface area (Å²) >= 11 is 1.75. The van der Waals surface area contributed by atoms with E-state index in [1.807, 2.05) is 7.05 Å². The summed E-state index contributed by atoms with van der Waals surface area (Å²) < 4.78 is 0. The number of hydrogen-bond donors (Lipinski definition) is 1. The van der Waals surface area contributed by atoms with Crippen molar-refractivity contribution >= 4 is 28.9 Å². The number of hydrogen-bond acceptors (Lipinski definition) is 5. The summed E-state index contributed by atoms with van der Waals surface area (Å²) in [5.41, 5.74) is 4.61. The molecule has 0 aromatic carbocycles. The monoisotopic (exact) mass is 334 g/mol. The van der Waals surface area contributed by atoms with Crippen LogP contribution >= 0.6 is 11.3 Å². The minimum Gasteiger partial charge on any atom is -0.339 e. The smallest absolute Gasteiger partial charge is 0.240 e. The largest absolute Gasteiger partial charge is 0.339 e. The second kappa shape index (κ2) is 7.21. The Kier molecular flexibility index (Phi) is 5.05. The molecule has 1 aromatic heterocycles. The number of aryl methyl sites for hydroxylation is 2. The summed E-state index contributed by atoms with van der Waals surface area (Å²) in [6.07, 6.45) is 6.85. The van der Waals surface area contributed by atoms with E-state index in [2.05, 4.69) is 15.5 Å². The molecular weight excluding hydrogens is 312 g/mol. The van der Waals surface area contributed by atoms with Crippen molar-refractivity contribution < 1.29 is 9.59 Å². The molecule has 23 heavy (non-hydrogen) atoms. The summed E-state index contributed by atoms with van der Waals surface area (Å²) in [6.45, 7) is 0.583. The zero-order valence-corrected chi connectivity index (χ0v) is 14.2. The van der Waals surface area contributed by atoms with Gasteiger partial charge in [-0.05, 0) is 38.5 Å². The first-order valence-electron chi connectivity index (χ1n) is 8.17. The second-order valence-corrected chi connectivity index (χ2v) is 7.32. The fraction of sp³-hybridized carbons (Fsp3) is 0.625. The number of amides is 2. The predicted molar refractivity (Wildman–Crippen MR) is 89.3 cm³/mol. The standard InChI is InChI=1S/C16H22N4O2S/c1-20(10-15-17-12-4-2-3-5-13(12)23-15)16(22)9-7-11-6-8-14(21)19-18-11/h2-10H2,1H3,(H,19,21). The van der Waals surface area contributed by atoms with E-state index in [4.69, 9.17) is 0 Å². The first kappa shape index (κ1) is 16.1. The van der Waals surface area contributed by atoms with Crippen LogP contribution in [-0.4, -0.2) is 34.5 Å². The van der Waals surface area contributed by atoms with Gasteiger partial charge in [0, 0.05) is 30.5 Å². The summed E-state index contributed by atoms with van der Waals surface area (Å²) in [5, 5.41) is 5.04. The van der Waals surface area contributed by atoms with E-state index >= 15 is 0 Å². The molecule has 0 unspecified atom stereocenters. The van der Waals surface area contributed by atoms with E-state index in [1.165, 1.54) is 23.4 Å². The molecule has 0 atom stereocenters. The van der Waals surface area contributed by atoms with Crippen LogP contribution in [0.25, 0.3) is 0 Å². The van der Waals surface area contributed by atoms with E-state index < -0.39 is 0 Å². The third-order valence-corrected chi connectivity index (χ3v) is 5.44. The highest BCUT2D eigenvalue weighted by molar-refractivity contribution is 7.11. The number of carbonyl (C=O) groups excluding carboxylic acids is 2. The van der Waals surface area contributed by atoms with Crippen molar-refractivity contribution in [2.45, 2.75) is 57.9 Å². The van der Waals surface area contributed by atoms with Crippen LogP contribution in [0.1, 0.15) is 54.1 Å². The molecule has 1 aromatic rings. The first-order chi connectivity index (χ1) is 11.1. The number of nitrogens with zero attached hydrogens (tertiary/aromatic N) is 3. The van der Waals surface area contributed by atoms with Crippen LogP contribution in [0.15, 0.2) is 5.10 Å². The molecule has 0 radical (unpaired) electrons. The molecule has 1 N–H and O–H groups in total. The maximum atomic E-state index is 12.3. The molecule has 0 spiro atoms. The second-order valence-electron chi connectivity index (χ2n) is 6.15. The number of carbonyl (C=O) groups is 2. The van der Waals surface area contributed by atoms with Gasteiger partial charge in [-0.1, -0.05) is 0 Å². The highest BCUT2D eigenvalue weighted by Gasteiger charge is 2.18. The van der Waals surface area contributed by atoms with Gasteiger partial charge < -0.3 is 4.90 Å². The van der Waals surface area contributed by atoms with Gasteiger partial charge in [0.2, 0.25) is 11.8 Å². The van der Waals surface area contributed by atoms with Crippen molar-refractivity contribution in [1.29, 1.82) is 0 Å². The fourth-order valence-corrected chi connectivity index (χ4v) is 4.11. The summed E-state index contributed by atoms with van der Waals surface area (Å²) in [7, 11) is 1.83. The predicted octanol–water partition coefficient (Wildman–Crippen LogP) is 2.03. The van der Waals surface area contributed by atoms with Crippen LogP contribution in [0.5, 0.6) is 0 Å². The van der Waals surface area contributed by atoms with Gasteiger partial charge in [0.05, 0.1) is 12.2 Å². The van der Waals surface area contributed by atoms with Crippen LogP contribution < -0.4 is 5.43 Å². The molecule has 0 fully saturated rings. The number of hydrazone groups is 1. The van der Waals surface area contributed by atoms with E-state index in [9.17, 15) is 9.59 Å². The number of thiazole rings is 1. The number of nitrogens with one attached hydrogen (secondary N) is 1. The minimum absolute atomic E-state index is 0.0510. The maximum absolute atomic E-state index is 12.3. The molecule has 2 aliphatic rings. The summed E-state index contributed by atoms with van der Waals surface area (Å²) in [6, 6.07) is 0. The van der Waals surface area contributed by atoms with Crippen LogP contribution in [0.2, 0.25) is 0 Å². The molecule has 6 nitrogen and oxygen atoms in total.